The van der Waals surface area contributed by atoms with Crippen LogP contribution in [0.4, 0.5) is 8.78 Å². The van der Waals surface area contributed by atoms with Crippen molar-refractivity contribution < 1.29 is 28.2 Å². The highest BCUT2D eigenvalue weighted by atomic mass is 19.1. The Hall–Kier alpha value is -3.62. The molecule has 0 radical (unpaired) electrons. The van der Waals surface area contributed by atoms with E-state index in [1.165, 1.54) is 17.7 Å². The normalized spacial score (nSPS) is 16.1. The number of ketones is 1. The lowest BCUT2D eigenvalue weighted by Crippen LogP contribution is -2.48. The first-order valence-corrected chi connectivity index (χ1v) is 13.8. The number of aryl methyl sites for hydroxylation is 1. The van der Waals surface area contributed by atoms with Crippen molar-refractivity contribution in [1.29, 1.82) is 0 Å². The van der Waals surface area contributed by atoms with Gasteiger partial charge in [-0.05, 0) is 58.9 Å². The first-order valence-electron chi connectivity index (χ1n) is 13.8. The number of aliphatic hydroxyl groups excluding tert-OH is 1. The molecule has 2 aromatic carbocycles. The van der Waals surface area contributed by atoms with Crippen LogP contribution in [0.5, 0.6) is 0 Å². The first kappa shape index (κ1) is 29.4. The number of nitrogens with one attached hydrogen (secondary N) is 2. The molecule has 0 spiro atoms. The van der Waals surface area contributed by atoms with Crippen LogP contribution in [0.2, 0.25) is 0 Å². The molecule has 6 nitrogen and oxygen atoms in total. The summed E-state index contributed by atoms with van der Waals surface area (Å²) in [5, 5.41) is 16.9. The fourth-order valence-corrected chi connectivity index (χ4v) is 4.94. The SMILES string of the molecule is CCc1cccc(CNC[C@@H](O)[C@H](Cc2cc(F)cc(F)c2)NC(=O)CCC(=O)C2=CC=C3OCCC=C3C2)c1. The number of allylic oxidation sites excluding steroid dienone is 4. The Bertz CT molecular complexity index is 1300. The fraction of sp³-hybridized carbons (Fsp3) is 0.375. The highest BCUT2D eigenvalue weighted by Gasteiger charge is 2.24. The molecule has 2 aliphatic rings. The molecule has 1 heterocycles. The number of aliphatic hydroxyl groups is 1. The van der Waals surface area contributed by atoms with E-state index in [-0.39, 0.29) is 31.6 Å². The first-order chi connectivity index (χ1) is 19.3. The summed E-state index contributed by atoms with van der Waals surface area (Å²) in [6, 6.07) is 10.4. The molecule has 1 aliphatic heterocycles. The predicted octanol–water partition coefficient (Wildman–Crippen LogP) is 4.62. The van der Waals surface area contributed by atoms with Crippen LogP contribution in [0.15, 0.2) is 77.6 Å². The van der Waals surface area contributed by atoms with Crippen LogP contribution in [0.3, 0.4) is 0 Å². The van der Waals surface area contributed by atoms with E-state index in [4.69, 9.17) is 4.74 Å². The zero-order chi connectivity index (χ0) is 28.5. The summed E-state index contributed by atoms with van der Waals surface area (Å²) in [6.45, 7) is 3.37. The van der Waals surface area contributed by atoms with Gasteiger partial charge in [-0.3, -0.25) is 9.59 Å². The molecule has 0 aromatic heterocycles. The quantitative estimate of drug-likeness (QED) is 0.339. The largest absolute Gasteiger partial charge is 0.493 e. The number of Topliss-reactive ketones (excluding diaryl/α,β-unsaturated/α-hetero) is 1. The van der Waals surface area contributed by atoms with Crippen molar-refractivity contribution in [2.24, 2.45) is 0 Å². The van der Waals surface area contributed by atoms with Crippen LogP contribution in [0.1, 0.15) is 49.3 Å². The van der Waals surface area contributed by atoms with E-state index in [9.17, 15) is 23.5 Å². The van der Waals surface area contributed by atoms with Gasteiger partial charge in [-0.15, -0.1) is 0 Å². The van der Waals surface area contributed by atoms with Crippen LogP contribution < -0.4 is 10.6 Å². The molecule has 1 aliphatic carbocycles. The molecule has 3 N–H and O–H groups in total. The summed E-state index contributed by atoms with van der Waals surface area (Å²) in [6.07, 6.45) is 6.72. The number of fused-ring (bicyclic) bond motifs is 1. The van der Waals surface area contributed by atoms with Crippen LogP contribution in [0, 0.1) is 11.6 Å². The summed E-state index contributed by atoms with van der Waals surface area (Å²) >= 11 is 0. The number of rotatable bonds is 13. The highest BCUT2D eigenvalue weighted by molar-refractivity contribution is 5.98. The monoisotopic (exact) mass is 550 g/mol. The van der Waals surface area contributed by atoms with Crippen LogP contribution in [-0.2, 0) is 33.7 Å². The second-order valence-corrected chi connectivity index (χ2v) is 10.2. The summed E-state index contributed by atoms with van der Waals surface area (Å²) in [5.74, 6) is -1.22. The standard InChI is InChI=1S/C32H36F2N2O4/c1-2-21-5-3-6-22(13-21)19-35-20-30(38)28(16-23-14-26(33)18-27(34)15-23)36-32(39)11-9-29(37)24-8-10-31-25(17-24)7-4-12-40-31/h3,5-8,10,13-15,18,28,30,35,38H,2,4,9,11-12,16-17,19-20H2,1H3,(H,36,39)/t28-,30+/m0/s1. The molecule has 40 heavy (non-hydrogen) atoms. The second kappa shape index (κ2) is 14.1. The maximum absolute atomic E-state index is 13.8. The fourth-order valence-electron chi connectivity index (χ4n) is 4.94. The lowest BCUT2D eigenvalue weighted by atomic mass is 9.92. The molecular formula is C32H36F2N2O4. The van der Waals surface area contributed by atoms with Crippen molar-refractivity contribution in [3.8, 4) is 0 Å². The number of hydrogen-bond donors (Lipinski definition) is 3. The van der Waals surface area contributed by atoms with Crippen molar-refractivity contribution in [2.75, 3.05) is 13.2 Å². The van der Waals surface area contributed by atoms with E-state index in [0.29, 0.717) is 30.7 Å². The van der Waals surface area contributed by atoms with Gasteiger partial charge in [0.25, 0.3) is 0 Å². The Morgan fingerprint density at radius 2 is 1.80 bits per heavy atom. The molecule has 4 rings (SSSR count). The molecule has 0 saturated heterocycles. The number of amides is 1. The summed E-state index contributed by atoms with van der Waals surface area (Å²) in [5.41, 5.74) is 4.19. The van der Waals surface area contributed by atoms with Gasteiger partial charge in [0.2, 0.25) is 5.91 Å². The minimum absolute atomic E-state index is 0.0123. The van der Waals surface area contributed by atoms with Gasteiger partial charge in [-0.25, -0.2) is 8.78 Å². The average molecular weight is 551 g/mol. The lowest BCUT2D eigenvalue weighted by molar-refractivity contribution is -0.125. The van der Waals surface area contributed by atoms with Crippen molar-refractivity contribution >= 4 is 11.7 Å². The third-order valence-corrected chi connectivity index (χ3v) is 7.11. The number of benzene rings is 2. The molecule has 2 atom stereocenters. The van der Waals surface area contributed by atoms with Crippen molar-refractivity contribution in [3.05, 3.63) is 106 Å². The van der Waals surface area contributed by atoms with E-state index in [2.05, 4.69) is 29.7 Å². The van der Waals surface area contributed by atoms with Gasteiger partial charge in [-0.1, -0.05) is 43.3 Å². The third-order valence-electron chi connectivity index (χ3n) is 7.11. The van der Waals surface area contributed by atoms with Gasteiger partial charge in [0.1, 0.15) is 17.4 Å². The Kier molecular flexibility index (Phi) is 10.4. The average Bonchev–Trinajstić information content (AvgIpc) is 2.94. The molecule has 2 aromatic rings. The molecule has 0 saturated carbocycles. The number of ether oxygens (including phenoxy) is 1. The number of halogens is 2. The van der Waals surface area contributed by atoms with Crippen molar-refractivity contribution in [3.63, 3.8) is 0 Å². The van der Waals surface area contributed by atoms with E-state index in [0.717, 1.165) is 35.8 Å². The summed E-state index contributed by atoms with van der Waals surface area (Å²) in [7, 11) is 0. The number of carbonyl (C=O) groups is 2. The Labute approximate surface area is 233 Å². The van der Waals surface area contributed by atoms with Crippen LogP contribution in [0.25, 0.3) is 0 Å². The van der Waals surface area contributed by atoms with Gasteiger partial charge in [0, 0.05) is 44.8 Å². The molecule has 212 valence electrons. The van der Waals surface area contributed by atoms with E-state index in [1.54, 1.807) is 12.2 Å². The molecule has 8 heteroatoms. The highest BCUT2D eigenvalue weighted by Crippen LogP contribution is 2.29. The van der Waals surface area contributed by atoms with Gasteiger partial charge in [0.15, 0.2) is 5.78 Å². The van der Waals surface area contributed by atoms with Gasteiger partial charge in [-0.2, -0.15) is 0 Å². The number of carbonyl (C=O) groups excluding carboxylic acids is 2. The van der Waals surface area contributed by atoms with E-state index >= 15 is 0 Å². The minimum atomic E-state index is -1.04. The van der Waals surface area contributed by atoms with Crippen molar-refractivity contribution in [1.82, 2.24) is 10.6 Å². The molecule has 0 unspecified atom stereocenters. The molecule has 0 fully saturated rings. The third kappa shape index (κ3) is 8.44. The Morgan fingerprint density at radius 3 is 2.58 bits per heavy atom. The summed E-state index contributed by atoms with van der Waals surface area (Å²) in [4.78, 5) is 25.7. The van der Waals surface area contributed by atoms with E-state index in [1.807, 2.05) is 18.2 Å². The zero-order valence-electron chi connectivity index (χ0n) is 22.7. The minimum Gasteiger partial charge on any atom is -0.493 e. The summed E-state index contributed by atoms with van der Waals surface area (Å²) < 4.78 is 33.2. The zero-order valence-corrected chi connectivity index (χ0v) is 22.7. The van der Waals surface area contributed by atoms with Gasteiger partial charge < -0.3 is 20.5 Å². The van der Waals surface area contributed by atoms with E-state index < -0.39 is 29.7 Å². The molecule has 0 bridgehead atoms. The second-order valence-electron chi connectivity index (χ2n) is 10.2. The lowest BCUT2D eigenvalue weighted by Gasteiger charge is -2.25. The number of hydrogen-bond acceptors (Lipinski definition) is 5. The Morgan fingerprint density at radius 1 is 1.02 bits per heavy atom. The Balaban J connectivity index is 1.35. The maximum Gasteiger partial charge on any atom is 0.220 e. The smallest absolute Gasteiger partial charge is 0.220 e. The topological polar surface area (TPSA) is 87.7 Å². The maximum atomic E-state index is 13.8. The predicted molar refractivity (Wildman–Crippen MR) is 149 cm³/mol. The molecular weight excluding hydrogens is 514 g/mol. The van der Waals surface area contributed by atoms with Gasteiger partial charge >= 0.3 is 0 Å². The van der Waals surface area contributed by atoms with Crippen LogP contribution in [-0.4, -0.2) is 42.1 Å². The van der Waals surface area contributed by atoms with Crippen LogP contribution >= 0.6 is 0 Å². The van der Waals surface area contributed by atoms with Crippen molar-refractivity contribution in [2.45, 2.75) is 64.1 Å². The van der Waals surface area contributed by atoms with Gasteiger partial charge in [0.05, 0.1) is 18.8 Å². The molecule has 1 amide bonds.